The summed E-state index contributed by atoms with van der Waals surface area (Å²) in [6.07, 6.45) is 4.68. The molecule has 0 unspecified atom stereocenters. The highest BCUT2D eigenvalue weighted by molar-refractivity contribution is 7.16. The molecule has 0 aliphatic carbocycles. The number of hydrogen-bond donors (Lipinski definition) is 2. The summed E-state index contributed by atoms with van der Waals surface area (Å²) in [6.45, 7) is 0.648. The predicted octanol–water partition coefficient (Wildman–Crippen LogP) is 4.22. The Balaban J connectivity index is 1.43. The number of rotatable bonds is 7. The van der Waals surface area contributed by atoms with Crippen molar-refractivity contribution in [1.82, 2.24) is 10.6 Å². The van der Waals surface area contributed by atoms with Gasteiger partial charge in [0.25, 0.3) is 5.91 Å². The zero-order chi connectivity index (χ0) is 19.1. The highest BCUT2D eigenvalue weighted by Gasteiger charge is 2.07. The van der Waals surface area contributed by atoms with Crippen LogP contribution < -0.4 is 10.6 Å². The molecule has 0 aliphatic heterocycles. The number of carbonyl (C=O) groups excluding carboxylic acids is 2. The van der Waals surface area contributed by atoms with E-state index in [4.69, 9.17) is 16.0 Å². The largest absolute Gasteiger partial charge is 0.459 e. The molecule has 0 radical (unpaired) electrons. The van der Waals surface area contributed by atoms with E-state index in [1.807, 2.05) is 36.4 Å². The summed E-state index contributed by atoms with van der Waals surface area (Å²) in [6, 6.07) is 14.8. The molecule has 3 aromatic rings. The molecule has 2 heterocycles. The summed E-state index contributed by atoms with van der Waals surface area (Å²) in [5.41, 5.74) is 1.08. The number of hydrogen-bond acceptors (Lipinski definition) is 4. The lowest BCUT2D eigenvalue weighted by molar-refractivity contribution is -0.116. The molecule has 0 aliphatic rings. The van der Waals surface area contributed by atoms with Crippen molar-refractivity contribution < 1.29 is 14.0 Å². The van der Waals surface area contributed by atoms with Crippen LogP contribution in [0.1, 0.15) is 15.4 Å². The van der Waals surface area contributed by atoms with Crippen LogP contribution in [0.5, 0.6) is 0 Å². The Bertz CT molecular complexity index is 931. The Labute approximate surface area is 165 Å². The van der Waals surface area contributed by atoms with Gasteiger partial charge in [0.1, 0.15) is 0 Å². The Morgan fingerprint density at radius 3 is 2.56 bits per heavy atom. The average Bonchev–Trinajstić information content (AvgIpc) is 3.36. The van der Waals surface area contributed by atoms with Crippen LogP contribution in [0.4, 0.5) is 0 Å². The second-order valence-corrected chi connectivity index (χ2v) is 7.12. The first kappa shape index (κ1) is 18.9. The number of carbonyl (C=O) groups is 2. The number of halogens is 1. The van der Waals surface area contributed by atoms with Crippen LogP contribution in [-0.2, 0) is 4.79 Å². The summed E-state index contributed by atoms with van der Waals surface area (Å²) in [7, 11) is 0. The fraction of sp³-hybridized carbons (Fsp3) is 0.100. The number of amides is 2. The Morgan fingerprint density at radius 2 is 1.81 bits per heavy atom. The quantitative estimate of drug-likeness (QED) is 0.460. The van der Waals surface area contributed by atoms with Gasteiger partial charge in [0.05, 0.1) is 6.26 Å². The molecule has 0 saturated heterocycles. The predicted molar refractivity (Wildman–Crippen MR) is 108 cm³/mol. The van der Waals surface area contributed by atoms with Crippen LogP contribution in [0.25, 0.3) is 16.5 Å². The van der Waals surface area contributed by atoms with Crippen LogP contribution in [-0.4, -0.2) is 24.9 Å². The van der Waals surface area contributed by atoms with Gasteiger partial charge in [0.15, 0.2) is 5.76 Å². The maximum atomic E-state index is 11.9. The van der Waals surface area contributed by atoms with Gasteiger partial charge in [0, 0.05) is 33.9 Å². The fourth-order valence-corrected chi connectivity index (χ4v) is 3.33. The van der Waals surface area contributed by atoms with Gasteiger partial charge in [-0.3, -0.25) is 9.59 Å². The molecule has 2 N–H and O–H groups in total. The lowest BCUT2D eigenvalue weighted by Crippen LogP contribution is -2.33. The summed E-state index contributed by atoms with van der Waals surface area (Å²) >= 11 is 7.49. The third-order valence-corrected chi connectivity index (χ3v) is 4.96. The van der Waals surface area contributed by atoms with Crippen molar-refractivity contribution in [1.29, 1.82) is 0 Å². The van der Waals surface area contributed by atoms with E-state index >= 15 is 0 Å². The summed E-state index contributed by atoms with van der Waals surface area (Å²) < 4.78 is 4.98. The van der Waals surface area contributed by atoms with Gasteiger partial charge in [0.2, 0.25) is 5.91 Å². The number of benzene rings is 1. The molecular formula is C20H17ClN2O3S. The molecule has 7 heteroatoms. The number of thiophene rings is 1. The van der Waals surface area contributed by atoms with Crippen molar-refractivity contribution in [3.05, 3.63) is 76.5 Å². The van der Waals surface area contributed by atoms with Crippen molar-refractivity contribution in [2.45, 2.75) is 0 Å². The standard InChI is InChI=1S/C20H17ClN2O3S/c21-15-5-3-14(4-6-15)18-9-7-16(27-18)8-10-19(24)22-11-12-23-20(25)17-2-1-13-26-17/h1-10,13H,11-12H2,(H,22,24)(H,23,25). The molecule has 3 rings (SSSR count). The highest BCUT2D eigenvalue weighted by Crippen LogP contribution is 2.29. The maximum absolute atomic E-state index is 11.9. The number of nitrogens with one attached hydrogen (secondary N) is 2. The van der Waals surface area contributed by atoms with Crippen molar-refractivity contribution in [3.63, 3.8) is 0 Å². The van der Waals surface area contributed by atoms with Crippen molar-refractivity contribution in [2.75, 3.05) is 13.1 Å². The third-order valence-electron chi connectivity index (χ3n) is 3.61. The van der Waals surface area contributed by atoms with Crippen LogP contribution in [0.15, 0.2) is 65.3 Å². The second-order valence-electron chi connectivity index (χ2n) is 5.57. The SMILES string of the molecule is O=C(C=Cc1ccc(-c2ccc(Cl)cc2)s1)NCCNC(=O)c1ccco1. The average molecular weight is 401 g/mol. The maximum Gasteiger partial charge on any atom is 0.287 e. The first-order valence-electron chi connectivity index (χ1n) is 8.25. The zero-order valence-electron chi connectivity index (χ0n) is 14.3. The van der Waals surface area contributed by atoms with Gasteiger partial charge in [-0.05, 0) is 48.0 Å². The van der Waals surface area contributed by atoms with E-state index in [-0.39, 0.29) is 17.6 Å². The van der Waals surface area contributed by atoms with Crippen molar-refractivity contribution in [2.24, 2.45) is 0 Å². The molecule has 0 atom stereocenters. The number of furan rings is 1. The molecular weight excluding hydrogens is 384 g/mol. The highest BCUT2D eigenvalue weighted by atomic mass is 35.5. The van der Waals surface area contributed by atoms with E-state index in [0.717, 1.165) is 15.3 Å². The van der Waals surface area contributed by atoms with Gasteiger partial charge in [-0.15, -0.1) is 11.3 Å². The smallest absolute Gasteiger partial charge is 0.287 e. The molecule has 2 amide bonds. The van der Waals surface area contributed by atoms with Gasteiger partial charge >= 0.3 is 0 Å². The van der Waals surface area contributed by atoms with Crippen LogP contribution in [0.2, 0.25) is 5.02 Å². The van der Waals surface area contributed by atoms with Gasteiger partial charge in [-0.2, -0.15) is 0 Å². The van der Waals surface area contributed by atoms with E-state index in [0.29, 0.717) is 18.1 Å². The van der Waals surface area contributed by atoms with Gasteiger partial charge in [-0.1, -0.05) is 23.7 Å². The topological polar surface area (TPSA) is 71.3 Å². The van der Waals surface area contributed by atoms with E-state index < -0.39 is 0 Å². The first-order chi connectivity index (χ1) is 13.1. The molecule has 0 bridgehead atoms. The van der Waals surface area contributed by atoms with Crippen LogP contribution in [0, 0.1) is 0 Å². The Morgan fingerprint density at radius 1 is 1.04 bits per heavy atom. The van der Waals surface area contributed by atoms with E-state index in [9.17, 15) is 9.59 Å². The molecule has 5 nitrogen and oxygen atoms in total. The molecule has 0 saturated carbocycles. The molecule has 27 heavy (non-hydrogen) atoms. The lowest BCUT2D eigenvalue weighted by Gasteiger charge is -2.03. The van der Waals surface area contributed by atoms with E-state index in [1.165, 1.54) is 12.3 Å². The summed E-state index contributed by atoms with van der Waals surface area (Å²) in [5.74, 6) is -0.280. The molecule has 1 aromatic carbocycles. The fourth-order valence-electron chi connectivity index (χ4n) is 2.29. The van der Waals surface area contributed by atoms with E-state index in [1.54, 1.807) is 29.5 Å². The minimum Gasteiger partial charge on any atom is -0.459 e. The van der Waals surface area contributed by atoms with Crippen LogP contribution in [0.3, 0.4) is 0 Å². The zero-order valence-corrected chi connectivity index (χ0v) is 15.8. The van der Waals surface area contributed by atoms with E-state index in [2.05, 4.69) is 10.6 Å². The molecule has 0 fully saturated rings. The normalized spacial score (nSPS) is 10.9. The summed E-state index contributed by atoms with van der Waals surface area (Å²) in [5, 5.41) is 6.08. The van der Waals surface area contributed by atoms with Gasteiger partial charge in [-0.25, -0.2) is 0 Å². The monoisotopic (exact) mass is 400 g/mol. The van der Waals surface area contributed by atoms with Crippen molar-refractivity contribution in [3.8, 4) is 10.4 Å². The minimum atomic E-state index is -0.307. The molecule has 138 valence electrons. The third kappa shape index (κ3) is 5.57. The van der Waals surface area contributed by atoms with Crippen molar-refractivity contribution >= 4 is 40.8 Å². The summed E-state index contributed by atoms with van der Waals surface area (Å²) in [4.78, 5) is 25.6. The van der Waals surface area contributed by atoms with Crippen LogP contribution >= 0.6 is 22.9 Å². The lowest BCUT2D eigenvalue weighted by atomic mass is 10.2. The minimum absolute atomic E-state index is 0.219. The molecule has 0 spiro atoms. The Kier molecular flexibility index (Phi) is 6.46. The van der Waals surface area contributed by atoms with Gasteiger partial charge < -0.3 is 15.1 Å². The second kappa shape index (κ2) is 9.21. The molecule has 2 aromatic heterocycles. The first-order valence-corrected chi connectivity index (χ1v) is 9.44. The Hall–Kier alpha value is -2.83.